The average Bonchev–Trinajstić information content (AvgIpc) is 3.62. The highest BCUT2D eigenvalue weighted by atomic mass is 16.3. The maximum absolute atomic E-state index is 6.54. The van der Waals surface area contributed by atoms with Crippen LogP contribution in [-0.4, -0.2) is 15.0 Å². The number of hydrogen-bond acceptors (Lipinski definition) is 4. The third kappa shape index (κ3) is 5.63. The topological polar surface area (TPSA) is 51.8 Å². The van der Waals surface area contributed by atoms with Crippen molar-refractivity contribution in [2.75, 3.05) is 0 Å². The molecule has 0 unspecified atom stereocenters. The Labute approximate surface area is 306 Å². The first-order chi connectivity index (χ1) is 26.2. The molecule has 53 heavy (non-hydrogen) atoms. The highest BCUT2D eigenvalue weighted by molar-refractivity contribution is 6.13. The quantitative estimate of drug-likeness (QED) is 0.176. The van der Waals surface area contributed by atoms with E-state index in [-0.39, 0.29) is 0 Å². The lowest BCUT2D eigenvalue weighted by molar-refractivity contribution is 0.669. The predicted molar refractivity (Wildman–Crippen MR) is 217 cm³/mol. The zero-order chi connectivity index (χ0) is 35.1. The van der Waals surface area contributed by atoms with Crippen LogP contribution in [0.3, 0.4) is 0 Å². The van der Waals surface area contributed by atoms with Gasteiger partial charge in [0.25, 0.3) is 0 Å². The molecule has 2 heterocycles. The first kappa shape index (κ1) is 30.6. The van der Waals surface area contributed by atoms with E-state index in [9.17, 15) is 0 Å². The van der Waals surface area contributed by atoms with Gasteiger partial charge in [-0.25, -0.2) is 15.0 Å². The molecule has 4 heteroatoms. The molecule has 248 valence electrons. The molecule has 0 aliphatic carbocycles. The molecule has 0 aliphatic rings. The molecule has 0 spiro atoms. The van der Waals surface area contributed by atoms with Gasteiger partial charge in [-0.15, -0.1) is 0 Å². The maximum atomic E-state index is 6.54. The van der Waals surface area contributed by atoms with Crippen molar-refractivity contribution in [3.63, 3.8) is 0 Å². The molecule has 0 aliphatic heterocycles. The third-order valence-corrected chi connectivity index (χ3v) is 9.95. The molecule has 10 rings (SSSR count). The fourth-order valence-electron chi connectivity index (χ4n) is 7.33. The number of furan rings is 1. The Balaban J connectivity index is 1.06. The van der Waals surface area contributed by atoms with Crippen molar-refractivity contribution in [3.05, 3.63) is 188 Å². The van der Waals surface area contributed by atoms with Gasteiger partial charge in [0.05, 0.1) is 0 Å². The van der Waals surface area contributed by atoms with Gasteiger partial charge >= 0.3 is 0 Å². The third-order valence-electron chi connectivity index (χ3n) is 9.95. The number of hydrogen-bond donors (Lipinski definition) is 0. The Hall–Kier alpha value is -7.17. The van der Waals surface area contributed by atoms with E-state index >= 15 is 0 Å². The molecule has 4 nitrogen and oxygen atoms in total. The van der Waals surface area contributed by atoms with Crippen LogP contribution in [-0.2, 0) is 0 Å². The van der Waals surface area contributed by atoms with Gasteiger partial charge in [-0.3, -0.25) is 0 Å². The van der Waals surface area contributed by atoms with Crippen LogP contribution in [0, 0.1) is 0 Å². The maximum Gasteiger partial charge on any atom is 0.164 e. The van der Waals surface area contributed by atoms with Gasteiger partial charge in [0.2, 0.25) is 0 Å². The number of aromatic nitrogens is 3. The Bertz CT molecular complexity index is 2930. The zero-order valence-electron chi connectivity index (χ0n) is 28.6. The smallest absolute Gasteiger partial charge is 0.164 e. The Morgan fingerprint density at radius 3 is 1.60 bits per heavy atom. The lowest BCUT2D eigenvalue weighted by Crippen LogP contribution is -2.00. The monoisotopic (exact) mass is 677 g/mol. The molecular weight excluding hydrogens is 647 g/mol. The van der Waals surface area contributed by atoms with E-state index in [1.165, 1.54) is 21.9 Å². The van der Waals surface area contributed by atoms with Crippen molar-refractivity contribution < 1.29 is 4.42 Å². The van der Waals surface area contributed by atoms with Crippen LogP contribution < -0.4 is 0 Å². The Kier molecular flexibility index (Phi) is 7.43. The van der Waals surface area contributed by atoms with Gasteiger partial charge in [0, 0.05) is 27.5 Å². The fraction of sp³-hybridized carbons (Fsp3) is 0. The molecule has 0 radical (unpaired) electrons. The van der Waals surface area contributed by atoms with Crippen LogP contribution in [0.25, 0.3) is 100 Å². The molecule has 0 N–H and O–H groups in total. The summed E-state index contributed by atoms with van der Waals surface area (Å²) in [5.74, 6) is 1.82. The summed E-state index contributed by atoms with van der Waals surface area (Å²) in [4.78, 5) is 15.0. The van der Waals surface area contributed by atoms with Crippen molar-refractivity contribution in [2.24, 2.45) is 0 Å². The van der Waals surface area contributed by atoms with Gasteiger partial charge in [0.1, 0.15) is 11.2 Å². The minimum atomic E-state index is 0.588. The van der Waals surface area contributed by atoms with E-state index in [2.05, 4.69) is 146 Å². The van der Waals surface area contributed by atoms with Crippen LogP contribution in [0.5, 0.6) is 0 Å². The minimum Gasteiger partial charge on any atom is -0.456 e. The van der Waals surface area contributed by atoms with Gasteiger partial charge in [0.15, 0.2) is 17.5 Å². The first-order valence-electron chi connectivity index (χ1n) is 17.8. The summed E-state index contributed by atoms with van der Waals surface area (Å²) in [6, 6.07) is 65.2. The minimum absolute atomic E-state index is 0.588. The summed E-state index contributed by atoms with van der Waals surface area (Å²) < 4.78 is 6.54. The van der Waals surface area contributed by atoms with Crippen molar-refractivity contribution >= 4 is 32.7 Å². The average molecular weight is 678 g/mol. The molecule has 8 aromatic carbocycles. The van der Waals surface area contributed by atoms with Crippen molar-refractivity contribution in [1.29, 1.82) is 0 Å². The molecule has 0 saturated heterocycles. The molecule has 2 aromatic heterocycles. The van der Waals surface area contributed by atoms with Gasteiger partial charge in [-0.2, -0.15) is 0 Å². The molecule has 0 amide bonds. The number of benzene rings is 8. The van der Waals surface area contributed by atoms with Gasteiger partial charge in [-0.05, 0) is 68.4 Å². The Morgan fingerprint density at radius 2 is 0.830 bits per heavy atom. The molecule has 0 fully saturated rings. The second-order valence-corrected chi connectivity index (χ2v) is 13.2. The zero-order valence-corrected chi connectivity index (χ0v) is 28.6. The molecule has 0 bridgehead atoms. The second kappa shape index (κ2) is 12.9. The van der Waals surface area contributed by atoms with E-state index in [1.807, 2.05) is 42.5 Å². The van der Waals surface area contributed by atoms with E-state index < -0.39 is 0 Å². The summed E-state index contributed by atoms with van der Waals surface area (Å²) in [7, 11) is 0. The van der Waals surface area contributed by atoms with Crippen LogP contribution in [0.1, 0.15) is 0 Å². The van der Waals surface area contributed by atoms with Gasteiger partial charge < -0.3 is 4.42 Å². The Morgan fingerprint density at radius 1 is 0.302 bits per heavy atom. The summed E-state index contributed by atoms with van der Waals surface area (Å²) in [6.07, 6.45) is 0. The van der Waals surface area contributed by atoms with Crippen LogP contribution in [0.15, 0.2) is 192 Å². The molecule has 0 saturated carbocycles. The largest absolute Gasteiger partial charge is 0.456 e. The highest BCUT2D eigenvalue weighted by Gasteiger charge is 2.17. The normalized spacial score (nSPS) is 11.4. The van der Waals surface area contributed by atoms with Crippen molar-refractivity contribution in [1.82, 2.24) is 15.0 Å². The molecule has 0 atom stereocenters. The predicted octanol–water partition coefficient (Wildman–Crippen LogP) is 12.9. The van der Waals surface area contributed by atoms with Crippen LogP contribution in [0.4, 0.5) is 0 Å². The first-order valence-corrected chi connectivity index (χ1v) is 17.8. The van der Waals surface area contributed by atoms with E-state index in [1.54, 1.807) is 0 Å². The lowest BCUT2D eigenvalue weighted by atomic mass is 9.94. The molecular formula is C49H31N3O. The summed E-state index contributed by atoms with van der Waals surface area (Å²) in [5.41, 5.74) is 11.3. The lowest BCUT2D eigenvalue weighted by Gasteiger charge is -2.10. The second-order valence-electron chi connectivity index (χ2n) is 13.2. The van der Waals surface area contributed by atoms with E-state index in [0.29, 0.717) is 17.5 Å². The number of nitrogens with zero attached hydrogens (tertiary/aromatic N) is 3. The van der Waals surface area contributed by atoms with Crippen molar-refractivity contribution in [2.45, 2.75) is 0 Å². The summed E-state index contributed by atoms with van der Waals surface area (Å²) >= 11 is 0. The summed E-state index contributed by atoms with van der Waals surface area (Å²) in [6.45, 7) is 0. The fourth-order valence-corrected chi connectivity index (χ4v) is 7.33. The number of fused-ring (bicyclic) bond motifs is 4. The molecule has 10 aromatic rings. The highest BCUT2D eigenvalue weighted by Crippen LogP contribution is 2.39. The number of rotatable bonds is 6. The van der Waals surface area contributed by atoms with Crippen LogP contribution >= 0.6 is 0 Å². The van der Waals surface area contributed by atoms with Crippen molar-refractivity contribution in [3.8, 4) is 67.5 Å². The van der Waals surface area contributed by atoms with E-state index in [0.717, 1.165) is 60.9 Å². The van der Waals surface area contributed by atoms with E-state index in [4.69, 9.17) is 19.4 Å². The van der Waals surface area contributed by atoms with Gasteiger partial charge in [-0.1, -0.05) is 164 Å². The SMILES string of the molecule is c1ccc(-c2cccc(-c3nc(-c4ccccc4)nc(-c4ccc5c(c4)oc4cccc(-c6ccc(-c7cccc8ccccc78)cc6)c45)n3)c2)cc1. The standard InChI is InChI=1S/C49H31N3O/c1-3-12-32(13-4-1)37-18-9-19-38(30-37)48-50-47(36-15-5-2-6-16-36)51-49(52-48)39-28-29-43-45(31-39)53-44-23-11-22-42(46(43)44)35-26-24-34(25-27-35)41-21-10-17-33-14-7-8-20-40(33)41/h1-31H. The van der Waals surface area contributed by atoms with Crippen LogP contribution in [0.2, 0.25) is 0 Å². The summed E-state index contributed by atoms with van der Waals surface area (Å²) in [5, 5.41) is 4.63.